The van der Waals surface area contributed by atoms with Gasteiger partial charge in [-0.3, -0.25) is 0 Å². The van der Waals surface area contributed by atoms with Crippen molar-refractivity contribution in [1.29, 1.82) is 0 Å². The van der Waals surface area contributed by atoms with Crippen LogP contribution in [0.25, 0.3) is 0 Å². The average Bonchev–Trinajstić information content (AvgIpc) is 2.80. The Hall–Kier alpha value is -1.31. The highest BCUT2D eigenvalue weighted by Gasteiger charge is 2.22. The van der Waals surface area contributed by atoms with Gasteiger partial charge in [-0.05, 0) is 80.9 Å². The molecule has 1 nitrogen and oxygen atoms in total. The highest BCUT2D eigenvalue weighted by Crippen LogP contribution is 2.37. The fourth-order valence-corrected chi connectivity index (χ4v) is 5.67. The molecular weight excluding hydrogens is 383 g/mol. The molecule has 0 saturated heterocycles. The lowest BCUT2D eigenvalue weighted by Gasteiger charge is -2.30. The van der Waals surface area contributed by atoms with Crippen LogP contribution in [0.2, 0.25) is 0 Å². The molecule has 0 heterocycles. The van der Waals surface area contributed by atoms with E-state index in [-0.39, 0.29) is 5.82 Å². The molecule has 0 aromatic heterocycles. The fraction of sp³-hybridized carbons (Fsp3) is 0.724. The van der Waals surface area contributed by atoms with Gasteiger partial charge in [-0.15, -0.1) is 0 Å². The molecule has 0 amide bonds. The van der Waals surface area contributed by atoms with Gasteiger partial charge in [-0.2, -0.15) is 0 Å². The van der Waals surface area contributed by atoms with Gasteiger partial charge in [-0.25, -0.2) is 4.39 Å². The van der Waals surface area contributed by atoms with Crippen molar-refractivity contribution in [3.05, 3.63) is 41.2 Å². The Morgan fingerprint density at radius 1 is 0.871 bits per heavy atom. The van der Waals surface area contributed by atoms with Crippen LogP contribution in [-0.2, 0) is 6.42 Å². The first kappa shape index (κ1) is 24.3. The van der Waals surface area contributed by atoms with Crippen LogP contribution in [0.5, 0.6) is 5.75 Å². The fourth-order valence-electron chi connectivity index (χ4n) is 5.67. The average molecular weight is 429 g/mol. The molecule has 0 N–H and O–H groups in total. The summed E-state index contributed by atoms with van der Waals surface area (Å²) in [5, 5.41) is 0. The summed E-state index contributed by atoms with van der Waals surface area (Å²) in [5.74, 6) is 3.08. The second-order valence-electron chi connectivity index (χ2n) is 10.2. The van der Waals surface area contributed by atoms with Gasteiger partial charge in [0.1, 0.15) is 0 Å². The predicted molar refractivity (Wildman–Crippen MR) is 130 cm³/mol. The molecular formula is C29H45FO. The molecule has 3 rings (SSSR count). The van der Waals surface area contributed by atoms with Crippen molar-refractivity contribution in [2.24, 2.45) is 17.8 Å². The number of benzene rings is 1. The summed E-state index contributed by atoms with van der Waals surface area (Å²) in [6, 6.07) is 5.44. The van der Waals surface area contributed by atoms with E-state index in [2.05, 4.69) is 13.0 Å². The number of hydrogen-bond donors (Lipinski definition) is 0. The van der Waals surface area contributed by atoms with Gasteiger partial charge in [0.05, 0.1) is 6.61 Å². The molecule has 0 aliphatic heterocycles. The molecule has 2 aliphatic rings. The summed E-state index contributed by atoms with van der Waals surface area (Å²) in [6.07, 6.45) is 22.9. The summed E-state index contributed by atoms with van der Waals surface area (Å²) in [6.45, 7) is 4.70. The third-order valence-corrected chi connectivity index (χ3v) is 7.81. The summed E-state index contributed by atoms with van der Waals surface area (Å²) >= 11 is 0. The Kier molecular flexibility index (Phi) is 10.4. The largest absolute Gasteiger partial charge is 0.491 e. The number of aryl methyl sites for hydroxylation is 1. The van der Waals surface area contributed by atoms with E-state index >= 15 is 0 Å². The first-order valence-corrected chi connectivity index (χ1v) is 13.3. The number of halogens is 1. The lowest BCUT2D eigenvalue weighted by Crippen LogP contribution is -2.16. The SMILES string of the molecule is CCCCCC1CCC(CCC2CC=C(CCc3ccc(OCC)c(F)c3)CC2)CC1. The highest BCUT2D eigenvalue weighted by atomic mass is 19.1. The zero-order valence-electron chi connectivity index (χ0n) is 20.1. The molecule has 1 atom stereocenters. The lowest BCUT2D eigenvalue weighted by molar-refractivity contribution is 0.234. The second-order valence-corrected chi connectivity index (χ2v) is 10.2. The van der Waals surface area contributed by atoms with Crippen molar-refractivity contribution in [2.75, 3.05) is 6.61 Å². The van der Waals surface area contributed by atoms with Crippen LogP contribution < -0.4 is 4.74 Å². The summed E-state index contributed by atoms with van der Waals surface area (Å²) in [5.41, 5.74) is 2.66. The topological polar surface area (TPSA) is 9.23 Å². The molecule has 1 saturated carbocycles. The van der Waals surface area contributed by atoms with E-state index in [9.17, 15) is 4.39 Å². The Balaban J connectivity index is 1.31. The molecule has 1 aromatic carbocycles. The van der Waals surface area contributed by atoms with E-state index in [1.54, 1.807) is 17.7 Å². The van der Waals surface area contributed by atoms with Gasteiger partial charge in [-0.1, -0.05) is 82.4 Å². The van der Waals surface area contributed by atoms with Crippen molar-refractivity contribution in [3.8, 4) is 5.75 Å². The Morgan fingerprint density at radius 3 is 2.26 bits per heavy atom. The summed E-state index contributed by atoms with van der Waals surface area (Å²) in [7, 11) is 0. The monoisotopic (exact) mass is 428 g/mol. The Morgan fingerprint density at radius 2 is 1.61 bits per heavy atom. The van der Waals surface area contributed by atoms with Gasteiger partial charge < -0.3 is 4.74 Å². The molecule has 0 bridgehead atoms. The van der Waals surface area contributed by atoms with Crippen molar-refractivity contribution >= 4 is 0 Å². The molecule has 31 heavy (non-hydrogen) atoms. The lowest BCUT2D eigenvalue weighted by atomic mass is 9.76. The van der Waals surface area contributed by atoms with Crippen molar-refractivity contribution in [1.82, 2.24) is 0 Å². The quantitative estimate of drug-likeness (QED) is 0.238. The van der Waals surface area contributed by atoms with Crippen molar-refractivity contribution in [2.45, 2.75) is 110 Å². The van der Waals surface area contributed by atoms with Crippen LogP contribution in [0.15, 0.2) is 29.8 Å². The summed E-state index contributed by atoms with van der Waals surface area (Å²) in [4.78, 5) is 0. The van der Waals surface area contributed by atoms with E-state index in [1.807, 2.05) is 13.0 Å². The first-order chi connectivity index (χ1) is 15.2. The van der Waals surface area contributed by atoms with Crippen LogP contribution in [0.3, 0.4) is 0 Å². The van der Waals surface area contributed by atoms with Gasteiger partial charge >= 0.3 is 0 Å². The molecule has 0 spiro atoms. The van der Waals surface area contributed by atoms with Crippen LogP contribution in [0, 0.1) is 23.6 Å². The molecule has 174 valence electrons. The predicted octanol–water partition coefficient (Wildman–Crippen LogP) is 9.05. The van der Waals surface area contributed by atoms with Crippen LogP contribution >= 0.6 is 0 Å². The minimum atomic E-state index is -0.230. The van der Waals surface area contributed by atoms with E-state index < -0.39 is 0 Å². The van der Waals surface area contributed by atoms with Gasteiger partial charge in [0.2, 0.25) is 0 Å². The number of allylic oxidation sites excluding steroid dienone is 2. The van der Waals surface area contributed by atoms with Gasteiger partial charge in [0, 0.05) is 0 Å². The van der Waals surface area contributed by atoms with Crippen molar-refractivity contribution in [3.63, 3.8) is 0 Å². The van der Waals surface area contributed by atoms with Gasteiger partial charge in [0.25, 0.3) is 0 Å². The van der Waals surface area contributed by atoms with Crippen LogP contribution in [-0.4, -0.2) is 6.61 Å². The maximum atomic E-state index is 14.0. The van der Waals surface area contributed by atoms with E-state index in [0.29, 0.717) is 12.4 Å². The standard InChI is InChI=1S/C29H45FO/c1-3-5-6-7-23-8-10-24(11-9-23)12-13-25-14-16-26(17-15-25)18-19-27-20-21-29(31-4-2)28(30)22-27/h16,20-25H,3-15,17-19H2,1-2H3. The van der Waals surface area contributed by atoms with E-state index in [4.69, 9.17) is 4.74 Å². The molecule has 1 aromatic rings. The highest BCUT2D eigenvalue weighted by molar-refractivity contribution is 5.30. The minimum absolute atomic E-state index is 0.230. The number of hydrogen-bond acceptors (Lipinski definition) is 1. The van der Waals surface area contributed by atoms with E-state index in [1.165, 1.54) is 83.5 Å². The second kappa shape index (κ2) is 13.3. The molecule has 1 unspecified atom stereocenters. The number of ether oxygens (including phenoxy) is 1. The maximum absolute atomic E-state index is 14.0. The van der Waals surface area contributed by atoms with Crippen LogP contribution in [0.4, 0.5) is 4.39 Å². The summed E-state index contributed by atoms with van der Waals surface area (Å²) < 4.78 is 19.3. The molecule has 2 heteroatoms. The maximum Gasteiger partial charge on any atom is 0.165 e. The van der Waals surface area contributed by atoms with E-state index in [0.717, 1.165) is 36.2 Å². The third-order valence-electron chi connectivity index (χ3n) is 7.81. The zero-order valence-corrected chi connectivity index (χ0v) is 20.1. The van der Waals surface area contributed by atoms with Crippen molar-refractivity contribution < 1.29 is 9.13 Å². The normalized spacial score (nSPS) is 24.1. The molecule has 2 aliphatic carbocycles. The van der Waals surface area contributed by atoms with Crippen LogP contribution in [0.1, 0.15) is 109 Å². The minimum Gasteiger partial charge on any atom is -0.491 e. The Bertz CT molecular complexity index is 671. The third kappa shape index (κ3) is 8.28. The first-order valence-electron chi connectivity index (χ1n) is 13.3. The zero-order chi connectivity index (χ0) is 21.9. The molecule has 0 radical (unpaired) electrons. The van der Waals surface area contributed by atoms with Gasteiger partial charge in [0.15, 0.2) is 11.6 Å². The smallest absolute Gasteiger partial charge is 0.165 e. The number of rotatable bonds is 12. The number of unbranched alkanes of at least 4 members (excludes halogenated alkanes) is 2. The Labute approximate surface area is 190 Å². The molecule has 1 fully saturated rings.